The smallest absolute Gasteiger partial charge is 0.230 e. The third-order valence-electron chi connectivity index (χ3n) is 2.55. The highest BCUT2D eigenvalue weighted by Gasteiger charge is 2.14. The van der Waals surface area contributed by atoms with Crippen molar-refractivity contribution in [3.8, 4) is 11.4 Å². The predicted molar refractivity (Wildman–Crippen MR) is 79.6 cm³/mol. The maximum absolute atomic E-state index is 12.9. The van der Waals surface area contributed by atoms with Crippen molar-refractivity contribution in [2.24, 2.45) is 0 Å². The Bertz CT molecular complexity index is 626. The summed E-state index contributed by atoms with van der Waals surface area (Å²) in [5, 5.41) is 11.1. The Morgan fingerprint density at radius 2 is 2.05 bits per heavy atom. The minimum Gasteiger partial charge on any atom is -0.353 e. The van der Waals surface area contributed by atoms with Crippen molar-refractivity contribution in [3.63, 3.8) is 0 Å². The fraction of sp³-hybridized carbons (Fsp3) is 0.308. The monoisotopic (exact) mass is 309 g/mol. The standard InChI is InChI=1S/C13H16FN5OS/c1-8(2)16-11(20)7-21-13-18-17-12(19(13)15)9-3-5-10(14)6-4-9/h3-6,8H,7,15H2,1-2H3,(H,16,20). The molecule has 112 valence electrons. The van der Waals surface area contributed by atoms with Crippen molar-refractivity contribution in [2.45, 2.75) is 25.0 Å². The summed E-state index contributed by atoms with van der Waals surface area (Å²) in [5.74, 6) is 6.10. The first kappa shape index (κ1) is 15.3. The number of hydrogen-bond acceptors (Lipinski definition) is 5. The van der Waals surface area contributed by atoms with E-state index in [1.54, 1.807) is 12.1 Å². The number of benzene rings is 1. The number of halogens is 1. The van der Waals surface area contributed by atoms with Crippen LogP contribution in [0.2, 0.25) is 0 Å². The highest BCUT2D eigenvalue weighted by molar-refractivity contribution is 7.99. The lowest BCUT2D eigenvalue weighted by Gasteiger charge is -2.07. The molecule has 6 nitrogen and oxygen atoms in total. The first-order chi connectivity index (χ1) is 9.97. The Morgan fingerprint density at radius 3 is 2.67 bits per heavy atom. The first-order valence-corrected chi connectivity index (χ1v) is 7.34. The quantitative estimate of drug-likeness (QED) is 0.644. The van der Waals surface area contributed by atoms with Gasteiger partial charge in [-0.15, -0.1) is 10.2 Å². The molecule has 3 N–H and O–H groups in total. The summed E-state index contributed by atoms with van der Waals surface area (Å²) in [6.45, 7) is 3.78. The summed E-state index contributed by atoms with van der Waals surface area (Å²) in [7, 11) is 0. The molecule has 1 aromatic heterocycles. The molecule has 0 radical (unpaired) electrons. The molecule has 0 spiro atoms. The van der Waals surface area contributed by atoms with E-state index in [0.29, 0.717) is 16.5 Å². The van der Waals surface area contributed by atoms with E-state index in [1.807, 2.05) is 13.8 Å². The average Bonchev–Trinajstić information content (AvgIpc) is 2.78. The van der Waals surface area contributed by atoms with E-state index in [2.05, 4.69) is 15.5 Å². The highest BCUT2D eigenvalue weighted by Crippen LogP contribution is 2.21. The molecule has 0 atom stereocenters. The lowest BCUT2D eigenvalue weighted by atomic mass is 10.2. The number of amides is 1. The molecule has 2 aromatic rings. The van der Waals surface area contributed by atoms with Crippen LogP contribution in [0.3, 0.4) is 0 Å². The zero-order chi connectivity index (χ0) is 15.4. The molecule has 0 aliphatic carbocycles. The largest absolute Gasteiger partial charge is 0.353 e. The van der Waals surface area contributed by atoms with Gasteiger partial charge in [-0.05, 0) is 38.1 Å². The van der Waals surface area contributed by atoms with Gasteiger partial charge < -0.3 is 11.2 Å². The van der Waals surface area contributed by atoms with Gasteiger partial charge in [0.15, 0.2) is 5.82 Å². The van der Waals surface area contributed by atoms with E-state index >= 15 is 0 Å². The number of nitrogens with two attached hydrogens (primary N) is 1. The Hall–Kier alpha value is -2.09. The van der Waals surface area contributed by atoms with Gasteiger partial charge in [0.05, 0.1) is 5.75 Å². The summed E-state index contributed by atoms with van der Waals surface area (Å²) >= 11 is 1.19. The van der Waals surface area contributed by atoms with Crippen LogP contribution in [0, 0.1) is 5.82 Å². The number of nitrogens with one attached hydrogen (secondary N) is 1. The molecule has 0 fully saturated rings. The van der Waals surface area contributed by atoms with Crippen LogP contribution < -0.4 is 11.2 Å². The van der Waals surface area contributed by atoms with Crippen molar-refractivity contribution < 1.29 is 9.18 Å². The molecule has 1 amide bonds. The van der Waals surface area contributed by atoms with E-state index in [4.69, 9.17) is 5.84 Å². The number of aromatic nitrogens is 3. The number of rotatable bonds is 5. The molecule has 0 saturated carbocycles. The molecule has 0 unspecified atom stereocenters. The molecule has 0 aliphatic rings. The van der Waals surface area contributed by atoms with Gasteiger partial charge >= 0.3 is 0 Å². The second kappa shape index (κ2) is 6.57. The molecule has 1 aromatic carbocycles. The predicted octanol–water partition coefficient (Wildman–Crippen LogP) is 1.41. The molecule has 0 saturated heterocycles. The molecular formula is C13H16FN5OS. The fourth-order valence-corrected chi connectivity index (χ4v) is 2.33. The number of hydrogen-bond donors (Lipinski definition) is 2. The van der Waals surface area contributed by atoms with E-state index in [1.165, 1.54) is 28.6 Å². The van der Waals surface area contributed by atoms with Crippen molar-refractivity contribution >= 4 is 17.7 Å². The third kappa shape index (κ3) is 3.94. The summed E-state index contributed by atoms with van der Waals surface area (Å²) in [6, 6.07) is 5.88. The molecule has 21 heavy (non-hydrogen) atoms. The zero-order valence-corrected chi connectivity index (χ0v) is 12.5. The van der Waals surface area contributed by atoms with Crippen LogP contribution in [0.1, 0.15) is 13.8 Å². The summed E-state index contributed by atoms with van der Waals surface area (Å²) in [5.41, 5.74) is 0.657. The Balaban J connectivity index is 2.07. The molecule has 0 aliphatic heterocycles. The van der Waals surface area contributed by atoms with Crippen LogP contribution in [0.5, 0.6) is 0 Å². The van der Waals surface area contributed by atoms with Gasteiger partial charge in [-0.1, -0.05) is 11.8 Å². The van der Waals surface area contributed by atoms with Gasteiger partial charge in [0.2, 0.25) is 11.1 Å². The van der Waals surface area contributed by atoms with Gasteiger partial charge in [0.1, 0.15) is 5.82 Å². The molecule has 2 rings (SSSR count). The normalized spacial score (nSPS) is 10.9. The maximum Gasteiger partial charge on any atom is 0.230 e. The van der Waals surface area contributed by atoms with Crippen LogP contribution in [0.15, 0.2) is 29.4 Å². The number of thioether (sulfide) groups is 1. The van der Waals surface area contributed by atoms with E-state index in [0.717, 1.165) is 0 Å². The lowest BCUT2D eigenvalue weighted by molar-refractivity contribution is -0.119. The van der Waals surface area contributed by atoms with Crippen molar-refractivity contribution in [2.75, 3.05) is 11.6 Å². The van der Waals surface area contributed by atoms with Gasteiger partial charge in [0.25, 0.3) is 0 Å². The van der Waals surface area contributed by atoms with E-state index in [-0.39, 0.29) is 23.5 Å². The SMILES string of the molecule is CC(C)NC(=O)CSc1nnc(-c2ccc(F)cc2)n1N. The van der Waals surface area contributed by atoms with Crippen molar-refractivity contribution in [3.05, 3.63) is 30.1 Å². The molecular weight excluding hydrogens is 293 g/mol. The Morgan fingerprint density at radius 1 is 1.38 bits per heavy atom. The first-order valence-electron chi connectivity index (χ1n) is 6.36. The van der Waals surface area contributed by atoms with Gasteiger partial charge in [-0.2, -0.15) is 0 Å². The topological polar surface area (TPSA) is 85.8 Å². The molecule has 1 heterocycles. The summed E-state index contributed by atoms with van der Waals surface area (Å²) in [6.07, 6.45) is 0. The highest BCUT2D eigenvalue weighted by atomic mass is 32.2. The second-order valence-corrected chi connectivity index (χ2v) is 5.64. The van der Waals surface area contributed by atoms with Crippen molar-refractivity contribution in [1.29, 1.82) is 0 Å². The third-order valence-corrected chi connectivity index (χ3v) is 3.49. The number of nitrogens with zero attached hydrogens (tertiary/aromatic N) is 3. The van der Waals surface area contributed by atoms with Crippen molar-refractivity contribution in [1.82, 2.24) is 20.2 Å². The Labute approximate surface area is 125 Å². The fourth-order valence-electron chi connectivity index (χ4n) is 1.67. The van der Waals surface area contributed by atoms with Crippen LogP contribution in [-0.2, 0) is 4.79 Å². The maximum atomic E-state index is 12.9. The number of carbonyl (C=O) groups is 1. The van der Waals surface area contributed by atoms with Crippen LogP contribution >= 0.6 is 11.8 Å². The van der Waals surface area contributed by atoms with E-state index < -0.39 is 0 Å². The van der Waals surface area contributed by atoms with Gasteiger partial charge in [-0.25, -0.2) is 9.07 Å². The summed E-state index contributed by atoms with van der Waals surface area (Å²) in [4.78, 5) is 11.6. The minimum absolute atomic E-state index is 0.0867. The van der Waals surface area contributed by atoms with Gasteiger partial charge in [0, 0.05) is 11.6 Å². The second-order valence-electron chi connectivity index (χ2n) is 4.69. The van der Waals surface area contributed by atoms with Crippen LogP contribution in [0.4, 0.5) is 4.39 Å². The number of carbonyl (C=O) groups excluding carboxylic acids is 1. The Kier molecular flexibility index (Phi) is 4.79. The zero-order valence-electron chi connectivity index (χ0n) is 11.7. The van der Waals surface area contributed by atoms with Crippen LogP contribution in [0.25, 0.3) is 11.4 Å². The number of nitrogen functional groups attached to an aromatic ring is 1. The minimum atomic E-state index is -0.332. The van der Waals surface area contributed by atoms with E-state index in [9.17, 15) is 9.18 Å². The van der Waals surface area contributed by atoms with Crippen LogP contribution in [-0.4, -0.2) is 32.6 Å². The summed E-state index contributed by atoms with van der Waals surface area (Å²) < 4.78 is 14.2. The van der Waals surface area contributed by atoms with Gasteiger partial charge in [-0.3, -0.25) is 4.79 Å². The lowest BCUT2D eigenvalue weighted by Crippen LogP contribution is -2.31. The molecule has 0 bridgehead atoms. The average molecular weight is 309 g/mol. The molecule has 8 heteroatoms.